The van der Waals surface area contributed by atoms with E-state index in [1.165, 1.54) is 19.2 Å². The minimum atomic E-state index is -1.13. The highest BCUT2D eigenvalue weighted by atomic mass is 35.5. The van der Waals surface area contributed by atoms with Crippen LogP contribution in [0.5, 0.6) is 17.2 Å². The molecular formula is C20H22Cl2N2O5. The summed E-state index contributed by atoms with van der Waals surface area (Å²) in [5, 5.41) is 9.04. The van der Waals surface area contributed by atoms with Gasteiger partial charge >= 0.3 is 5.97 Å². The summed E-state index contributed by atoms with van der Waals surface area (Å²) in [6.07, 6.45) is 0. The molecule has 9 heteroatoms. The molecule has 0 aliphatic rings. The summed E-state index contributed by atoms with van der Waals surface area (Å²) < 4.78 is 11.2. The summed E-state index contributed by atoms with van der Waals surface area (Å²) in [5.41, 5.74) is 7.48. The molecular weight excluding hydrogens is 419 g/mol. The molecule has 0 aliphatic carbocycles. The van der Waals surface area contributed by atoms with Gasteiger partial charge in [0.2, 0.25) is 0 Å². The first-order valence-corrected chi connectivity index (χ1v) is 9.42. The highest BCUT2D eigenvalue weighted by Crippen LogP contribution is 2.41. The molecule has 0 unspecified atom stereocenters. The van der Waals surface area contributed by atoms with E-state index in [9.17, 15) is 9.59 Å². The molecule has 7 nitrogen and oxygen atoms in total. The van der Waals surface area contributed by atoms with Crippen LogP contribution in [-0.2, 0) is 4.79 Å². The van der Waals surface area contributed by atoms with Gasteiger partial charge in [-0.15, -0.1) is 0 Å². The number of rotatable bonds is 7. The van der Waals surface area contributed by atoms with Crippen molar-refractivity contribution in [1.82, 2.24) is 4.90 Å². The first-order valence-electron chi connectivity index (χ1n) is 8.66. The molecule has 0 aliphatic heterocycles. The molecule has 156 valence electrons. The highest BCUT2D eigenvalue weighted by molar-refractivity contribution is 6.37. The number of halogens is 2. The van der Waals surface area contributed by atoms with E-state index in [0.717, 1.165) is 10.5 Å². The third-order valence-electron chi connectivity index (χ3n) is 4.13. The van der Waals surface area contributed by atoms with Gasteiger partial charge in [0.1, 0.15) is 18.0 Å². The van der Waals surface area contributed by atoms with Crippen molar-refractivity contribution in [1.29, 1.82) is 0 Å². The summed E-state index contributed by atoms with van der Waals surface area (Å²) in [7, 11) is 2.92. The largest absolute Gasteiger partial charge is 0.494 e. The molecule has 0 radical (unpaired) electrons. The van der Waals surface area contributed by atoms with E-state index in [0.29, 0.717) is 17.2 Å². The Morgan fingerprint density at radius 1 is 1.14 bits per heavy atom. The average Bonchev–Trinajstić information content (AvgIpc) is 2.62. The number of nitrogens with two attached hydrogens (primary N) is 1. The molecule has 0 fully saturated rings. The number of nitrogen functional groups attached to an aromatic ring is 1. The molecule has 3 N–H and O–H groups in total. The van der Waals surface area contributed by atoms with Crippen LogP contribution in [-0.4, -0.2) is 42.6 Å². The molecule has 0 spiro atoms. The number of hydrogen-bond donors (Lipinski definition) is 2. The van der Waals surface area contributed by atoms with E-state index in [4.69, 9.17) is 43.5 Å². The number of methoxy groups -OCH3 is 1. The van der Waals surface area contributed by atoms with Crippen molar-refractivity contribution < 1.29 is 24.2 Å². The maximum absolute atomic E-state index is 12.4. The third-order valence-corrected chi connectivity index (χ3v) is 4.69. The topological polar surface area (TPSA) is 102 Å². The summed E-state index contributed by atoms with van der Waals surface area (Å²) in [5.74, 6) is -0.379. The van der Waals surface area contributed by atoms with Crippen LogP contribution in [0.2, 0.25) is 10.0 Å². The highest BCUT2D eigenvalue weighted by Gasteiger charge is 2.20. The van der Waals surface area contributed by atoms with E-state index in [2.05, 4.69) is 0 Å². The number of carboxylic acids is 1. The van der Waals surface area contributed by atoms with Gasteiger partial charge in [-0.2, -0.15) is 0 Å². The fourth-order valence-corrected chi connectivity index (χ4v) is 3.33. The number of benzene rings is 2. The first-order chi connectivity index (χ1) is 13.5. The Bertz CT molecular complexity index is 924. The van der Waals surface area contributed by atoms with Crippen LogP contribution in [0.4, 0.5) is 5.69 Å². The van der Waals surface area contributed by atoms with E-state index in [1.807, 2.05) is 13.8 Å². The number of anilines is 1. The van der Waals surface area contributed by atoms with Crippen molar-refractivity contribution in [3.63, 3.8) is 0 Å². The second kappa shape index (κ2) is 9.24. The number of carboxylic acid groups (broad SMARTS) is 1. The Morgan fingerprint density at radius 3 is 2.21 bits per heavy atom. The molecule has 0 atom stereocenters. The molecule has 0 heterocycles. The SMILES string of the molecule is COc1c(N)cc(Oc2c(Cl)cc(C(=O)N(C)CC(=O)O)cc2Cl)cc1C(C)C. The van der Waals surface area contributed by atoms with Crippen LogP contribution < -0.4 is 15.2 Å². The van der Waals surface area contributed by atoms with Gasteiger partial charge in [-0.3, -0.25) is 9.59 Å². The Balaban J connectivity index is 2.38. The van der Waals surface area contributed by atoms with E-state index >= 15 is 0 Å². The zero-order valence-electron chi connectivity index (χ0n) is 16.5. The van der Waals surface area contributed by atoms with Gasteiger partial charge < -0.3 is 25.2 Å². The van der Waals surface area contributed by atoms with Gasteiger partial charge in [0.05, 0.1) is 22.8 Å². The van der Waals surface area contributed by atoms with Crippen LogP contribution in [0.1, 0.15) is 35.7 Å². The molecule has 2 rings (SSSR count). The molecule has 2 aromatic rings. The summed E-state index contributed by atoms with van der Waals surface area (Å²) in [6.45, 7) is 3.54. The molecule has 2 aromatic carbocycles. The molecule has 0 aromatic heterocycles. The smallest absolute Gasteiger partial charge is 0.323 e. The van der Waals surface area contributed by atoms with Gasteiger partial charge in [0.15, 0.2) is 5.75 Å². The summed E-state index contributed by atoms with van der Waals surface area (Å²) >= 11 is 12.6. The third kappa shape index (κ3) is 5.25. The van der Waals surface area contributed by atoms with Gasteiger partial charge in [0.25, 0.3) is 5.91 Å². The van der Waals surface area contributed by atoms with Crippen LogP contribution >= 0.6 is 23.2 Å². The second-order valence-corrected chi connectivity index (χ2v) is 7.53. The number of carbonyl (C=O) groups excluding carboxylic acids is 1. The molecule has 0 saturated carbocycles. The van der Waals surface area contributed by atoms with Crippen LogP contribution in [0.15, 0.2) is 24.3 Å². The lowest BCUT2D eigenvalue weighted by atomic mass is 10.0. The van der Waals surface area contributed by atoms with Crippen LogP contribution in [0.3, 0.4) is 0 Å². The second-order valence-electron chi connectivity index (χ2n) is 6.72. The fourth-order valence-electron chi connectivity index (χ4n) is 2.76. The zero-order valence-corrected chi connectivity index (χ0v) is 18.0. The fraction of sp³-hybridized carbons (Fsp3) is 0.300. The molecule has 0 bridgehead atoms. The van der Waals surface area contributed by atoms with E-state index in [1.54, 1.807) is 19.2 Å². The summed E-state index contributed by atoms with van der Waals surface area (Å²) in [6, 6.07) is 6.13. The minimum absolute atomic E-state index is 0.102. The number of nitrogens with zero attached hydrogens (tertiary/aromatic N) is 1. The van der Waals surface area contributed by atoms with Crippen molar-refractivity contribution in [2.24, 2.45) is 0 Å². The standard InChI is InChI=1S/C20H22Cl2N2O5/c1-10(2)13-7-12(8-16(23)18(13)28-4)29-19-14(21)5-11(6-15(19)22)20(27)24(3)9-17(25)26/h5-8,10H,9,23H2,1-4H3,(H,25,26). The predicted octanol–water partition coefficient (Wildman–Crippen LogP) is 4.66. The van der Waals surface area contributed by atoms with Gasteiger partial charge in [-0.05, 0) is 24.1 Å². The van der Waals surface area contributed by atoms with Crippen molar-refractivity contribution >= 4 is 40.8 Å². The molecule has 0 saturated heterocycles. The van der Waals surface area contributed by atoms with Crippen molar-refractivity contribution in [2.45, 2.75) is 19.8 Å². The lowest BCUT2D eigenvalue weighted by Gasteiger charge is -2.18. The van der Waals surface area contributed by atoms with Crippen LogP contribution in [0, 0.1) is 0 Å². The van der Waals surface area contributed by atoms with Crippen molar-refractivity contribution in [3.8, 4) is 17.2 Å². The van der Waals surface area contributed by atoms with Gasteiger partial charge in [-0.25, -0.2) is 0 Å². The van der Waals surface area contributed by atoms with Crippen LogP contribution in [0.25, 0.3) is 0 Å². The Hall–Kier alpha value is -2.64. The summed E-state index contributed by atoms with van der Waals surface area (Å²) in [4.78, 5) is 24.2. The lowest BCUT2D eigenvalue weighted by Crippen LogP contribution is -2.31. The van der Waals surface area contributed by atoms with Crippen molar-refractivity contribution in [2.75, 3.05) is 26.4 Å². The zero-order chi connectivity index (χ0) is 21.9. The van der Waals surface area contributed by atoms with E-state index in [-0.39, 0.29) is 27.3 Å². The lowest BCUT2D eigenvalue weighted by molar-refractivity contribution is -0.137. The number of likely N-dealkylation sites (N-methyl/N-ethyl adjacent to an activating group) is 1. The van der Waals surface area contributed by atoms with Gasteiger partial charge in [0, 0.05) is 24.2 Å². The number of amides is 1. The average molecular weight is 441 g/mol. The normalized spacial score (nSPS) is 10.7. The predicted molar refractivity (Wildman–Crippen MR) is 113 cm³/mol. The van der Waals surface area contributed by atoms with Gasteiger partial charge in [-0.1, -0.05) is 37.0 Å². The Morgan fingerprint density at radius 2 is 1.72 bits per heavy atom. The monoisotopic (exact) mass is 440 g/mol. The molecule has 29 heavy (non-hydrogen) atoms. The Labute approximate surface area is 178 Å². The minimum Gasteiger partial charge on any atom is -0.494 e. The number of aliphatic carboxylic acids is 1. The number of carbonyl (C=O) groups is 2. The molecule has 1 amide bonds. The number of ether oxygens (including phenoxy) is 2. The number of hydrogen-bond acceptors (Lipinski definition) is 5. The van der Waals surface area contributed by atoms with Crippen molar-refractivity contribution in [3.05, 3.63) is 45.4 Å². The first kappa shape index (κ1) is 22.6. The Kier molecular flexibility index (Phi) is 7.21. The maximum Gasteiger partial charge on any atom is 0.323 e. The van der Waals surface area contributed by atoms with E-state index < -0.39 is 18.4 Å². The maximum atomic E-state index is 12.4. The quantitative estimate of drug-likeness (QED) is 0.607.